The molecule has 3 heterocycles. The van der Waals surface area contributed by atoms with E-state index in [-0.39, 0.29) is 0 Å². The molecule has 1 aliphatic rings. The van der Waals surface area contributed by atoms with E-state index < -0.39 is 0 Å². The van der Waals surface area contributed by atoms with Crippen LogP contribution in [0.25, 0.3) is 11.1 Å². The van der Waals surface area contributed by atoms with Gasteiger partial charge in [-0.05, 0) is 50.6 Å². The summed E-state index contributed by atoms with van der Waals surface area (Å²) in [7, 11) is 2.06. The van der Waals surface area contributed by atoms with Crippen molar-refractivity contribution < 1.29 is 0 Å². The zero-order valence-electron chi connectivity index (χ0n) is 11.6. The quantitative estimate of drug-likeness (QED) is 0.896. The van der Waals surface area contributed by atoms with Crippen LogP contribution in [0.2, 0.25) is 0 Å². The zero-order chi connectivity index (χ0) is 13.2. The lowest BCUT2D eigenvalue weighted by atomic mass is 9.89. The molecular weight excluding hydrogens is 236 g/mol. The average molecular weight is 256 g/mol. The minimum atomic E-state index is 0.607. The van der Waals surface area contributed by atoms with Crippen LogP contribution in [0.5, 0.6) is 0 Å². The Morgan fingerprint density at radius 3 is 2.58 bits per heavy atom. The van der Waals surface area contributed by atoms with Crippen LogP contribution in [0.3, 0.4) is 0 Å². The van der Waals surface area contributed by atoms with E-state index >= 15 is 0 Å². The first-order valence-electron chi connectivity index (χ1n) is 6.92. The Morgan fingerprint density at radius 2 is 1.89 bits per heavy atom. The highest BCUT2D eigenvalue weighted by Crippen LogP contribution is 2.35. The Kier molecular flexibility index (Phi) is 3.34. The van der Waals surface area contributed by atoms with Gasteiger partial charge in [0.25, 0.3) is 0 Å². The Labute approximate surface area is 113 Å². The van der Waals surface area contributed by atoms with E-state index in [1.165, 1.54) is 29.7 Å². The van der Waals surface area contributed by atoms with E-state index in [1.807, 2.05) is 12.4 Å². The Morgan fingerprint density at radius 1 is 1.21 bits per heavy atom. The number of rotatable bonds is 2. The lowest BCUT2D eigenvalue weighted by Crippen LogP contribution is -2.27. The van der Waals surface area contributed by atoms with E-state index in [0.29, 0.717) is 5.92 Å². The third-order valence-electron chi connectivity index (χ3n) is 3.96. The van der Waals surface area contributed by atoms with Crippen molar-refractivity contribution in [2.45, 2.75) is 25.7 Å². The summed E-state index contributed by atoms with van der Waals surface area (Å²) in [5.74, 6) is 0.607. The van der Waals surface area contributed by atoms with Gasteiger partial charge in [-0.1, -0.05) is 0 Å². The molecule has 0 bridgehead atoms. The van der Waals surface area contributed by atoms with Crippen LogP contribution in [0, 0.1) is 6.92 Å². The third-order valence-corrected chi connectivity index (χ3v) is 3.96. The Hall–Kier alpha value is -1.68. The molecule has 0 saturated carbocycles. The Bertz CT molecular complexity index is 553. The van der Waals surface area contributed by atoms with E-state index in [0.717, 1.165) is 18.8 Å². The minimum absolute atomic E-state index is 0.607. The maximum atomic E-state index is 4.64. The molecule has 1 N–H and O–H groups in total. The van der Waals surface area contributed by atoms with Gasteiger partial charge >= 0.3 is 0 Å². The first-order valence-corrected chi connectivity index (χ1v) is 6.92. The van der Waals surface area contributed by atoms with Crippen molar-refractivity contribution >= 4 is 0 Å². The molecule has 1 aliphatic heterocycles. The summed E-state index contributed by atoms with van der Waals surface area (Å²) in [6.45, 7) is 4.30. The second kappa shape index (κ2) is 5.13. The fourth-order valence-electron chi connectivity index (χ4n) is 3.12. The van der Waals surface area contributed by atoms with Crippen molar-refractivity contribution in [2.24, 2.45) is 7.05 Å². The molecule has 1 saturated heterocycles. The molecule has 0 aromatic carbocycles. The lowest BCUT2D eigenvalue weighted by molar-refractivity contribution is 0.440. The molecule has 100 valence electrons. The smallest absolute Gasteiger partial charge is 0.0675 e. The maximum Gasteiger partial charge on any atom is 0.0675 e. The van der Waals surface area contributed by atoms with Gasteiger partial charge in [0.2, 0.25) is 0 Å². The molecule has 0 unspecified atom stereocenters. The highest BCUT2D eigenvalue weighted by molar-refractivity contribution is 5.69. The van der Waals surface area contributed by atoms with Gasteiger partial charge < -0.3 is 5.32 Å². The van der Waals surface area contributed by atoms with Gasteiger partial charge in [-0.3, -0.25) is 9.67 Å². The van der Waals surface area contributed by atoms with Gasteiger partial charge in [0.1, 0.15) is 0 Å². The average Bonchev–Trinajstić information content (AvgIpc) is 2.75. The van der Waals surface area contributed by atoms with Crippen LogP contribution >= 0.6 is 0 Å². The van der Waals surface area contributed by atoms with Crippen molar-refractivity contribution in [3.05, 3.63) is 35.9 Å². The number of hydrogen-bond acceptors (Lipinski definition) is 3. The summed E-state index contributed by atoms with van der Waals surface area (Å²) in [6.07, 6.45) is 6.09. The minimum Gasteiger partial charge on any atom is -0.317 e. The summed E-state index contributed by atoms with van der Waals surface area (Å²) >= 11 is 0. The van der Waals surface area contributed by atoms with Gasteiger partial charge in [-0.2, -0.15) is 5.10 Å². The second-order valence-electron chi connectivity index (χ2n) is 5.23. The monoisotopic (exact) mass is 256 g/mol. The van der Waals surface area contributed by atoms with Crippen molar-refractivity contribution in [3.8, 4) is 11.1 Å². The van der Waals surface area contributed by atoms with Crippen molar-refractivity contribution in [3.63, 3.8) is 0 Å². The highest BCUT2D eigenvalue weighted by atomic mass is 15.3. The molecule has 2 aromatic rings. The number of piperidine rings is 1. The van der Waals surface area contributed by atoms with E-state index in [1.54, 1.807) is 0 Å². The number of pyridine rings is 1. The molecule has 3 rings (SSSR count). The standard InChI is InChI=1S/C15H20N4/c1-11-14(12-3-7-16-8-4-12)15(19(2)18-11)13-5-9-17-10-6-13/h3-4,7-8,13,17H,5-6,9-10H2,1-2H3. The summed E-state index contributed by atoms with van der Waals surface area (Å²) < 4.78 is 2.07. The second-order valence-corrected chi connectivity index (χ2v) is 5.23. The number of aryl methyl sites for hydroxylation is 2. The van der Waals surface area contributed by atoms with Crippen molar-refractivity contribution in [1.82, 2.24) is 20.1 Å². The van der Waals surface area contributed by atoms with Gasteiger partial charge in [0.15, 0.2) is 0 Å². The van der Waals surface area contributed by atoms with Crippen molar-refractivity contribution in [2.75, 3.05) is 13.1 Å². The molecule has 0 amide bonds. The highest BCUT2D eigenvalue weighted by Gasteiger charge is 2.24. The molecule has 0 spiro atoms. The van der Waals surface area contributed by atoms with Crippen molar-refractivity contribution in [1.29, 1.82) is 0 Å². The summed E-state index contributed by atoms with van der Waals surface area (Å²) in [5, 5.41) is 8.07. The van der Waals surface area contributed by atoms with Gasteiger partial charge in [-0.15, -0.1) is 0 Å². The molecule has 0 radical (unpaired) electrons. The summed E-state index contributed by atoms with van der Waals surface area (Å²) in [4.78, 5) is 4.11. The Balaban J connectivity index is 2.08. The van der Waals surface area contributed by atoms with Crippen LogP contribution in [-0.4, -0.2) is 27.9 Å². The third kappa shape index (κ3) is 2.28. The topological polar surface area (TPSA) is 42.7 Å². The number of aromatic nitrogens is 3. The molecule has 19 heavy (non-hydrogen) atoms. The maximum absolute atomic E-state index is 4.64. The predicted octanol–water partition coefficient (Wildman–Crippen LogP) is 2.26. The van der Waals surface area contributed by atoms with Gasteiger partial charge in [0, 0.05) is 36.6 Å². The molecular formula is C15H20N4. The lowest BCUT2D eigenvalue weighted by Gasteiger charge is -2.24. The molecule has 0 aliphatic carbocycles. The molecule has 2 aromatic heterocycles. The fourth-order valence-corrected chi connectivity index (χ4v) is 3.12. The van der Waals surface area contributed by atoms with Crippen LogP contribution in [0.4, 0.5) is 0 Å². The first kappa shape index (κ1) is 12.4. The van der Waals surface area contributed by atoms with Crippen LogP contribution in [0.15, 0.2) is 24.5 Å². The van der Waals surface area contributed by atoms with Crippen LogP contribution in [-0.2, 0) is 7.05 Å². The van der Waals surface area contributed by atoms with Crippen LogP contribution < -0.4 is 5.32 Å². The normalized spacial score (nSPS) is 16.7. The number of nitrogens with zero attached hydrogens (tertiary/aromatic N) is 3. The summed E-state index contributed by atoms with van der Waals surface area (Å²) in [5.41, 5.74) is 5.03. The zero-order valence-corrected chi connectivity index (χ0v) is 11.6. The van der Waals surface area contributed by atoms with E-state index in [9.17, 15) is 0 Å². The van der Waals surface area contributed by atoms with E-state index in [2.05, 4.69) is 46.2 Å². The molecule has 1 fully saturated rings. The molecule has 4 heteroatoms. The first-order chi connectivity index (χ1) is 9.27. The SMILES string of the molecule is Cc1nn(C)c(C2CCNCC2)c1-c1ccncc1. The van der Waals surface area contributed by atoms with Crippen LogP contribution in [0.1, 0.15) is 30.1 Å². The predicted molar refractivity (Wildman–Crippen MR) is 76.0 cm³/mol. The fraction of sp³-hybridized carbons (Fsp3) is 0.467. The van der Waals surface area contributed by atoms with E-state index in [4.69, 9.17) is 0 Å². The molecule has 0 atom stereocenters. The summed E-state index contributed by atoms with van der Waals surface area (Å²) in [6, 6.07) is 4.16. The van der Waals surface area contributed by atoms with Gasteiger partial charge in [-0.25, -0.2) is 0 Å². The molecule has 4 nitrogen and oxygen atoms in total. The number of nitrogens with one attached hydrogen (secondary N) is 1. The van der Waals surface area contributed by atoms with Gasteiger partial charge in [0.05, 0.1) is 5.69 Å². The number of hydrogen-bond donors (Lipinski definition) is 1. The largest absolute Gasteiger partial charge is 0.317 e.